The first-order chi connectivity index (χ1) is 15.4. The maximum Gasteiger partial charge on any atom is 0.332 e. The maximum absolute atomic E-state index is 13.9. The third-order valence-corrected chi connectivity index (χ3v) is 5.15. The third-order valence-electron chi connectivity index (χ3n) is 5.15. The summed E-state index contributed by atoms with van der Waals surface area (Å²) in [6.45, 7) is 1.93. The van der Waals surface area contributed by atoms with Crippen LogP contribution >= 0.6 is 0 Å². The van der Waals surface area contributed by atoms with Crippen LogP contribution in [0.5, 0.6) is 11.8 Å². The second-order valence-electron chi connectivity index (χ2n) is 7.58. The standard InChI is InChI=1S/C23H23FN4O4/c1-15-11-17(24)13-18(12-15)32-22-25-20-19(28(22)14-16-7-4-3-5-8-16)21(30)27(9-6-10-29)23(31)26(20)2/h3-5,7-8,11-13,29H,6,9-10,14H2,1-2H3. The first-order valence-corrected chi connectivity index (χ1v) is 10.2. The third kappa shape index (κ3) is 4.06. The number of benzene rings is 2. The minimum Gasteiger partial charge on any atom is -0.425 e. The highest BCUT2D eigenvalue weighted by Crippen LogP contribution is 2.26. The van der Waals surface area contributed by atoms with E-state index in [4.69, 9.17) is 9.84 Å². The number of rotatable bonds is 7. The Bertz CT molecular complexity index is 1370. The van der Waals surface area contributed by atoms with Crippen LogP contribution in [0.1, 0.15) is 17.5 Å². The largest absolute Gasteiger partial charge is 0.425 e. The zero-order valence-electron chi connectivity index (χ0n) is 17.8. The van der Waals surface area contributed by atoms with Gasteiger partial charge in [-0.25, -0.2) is 9.18 Å². The smallest absolute Gasteiger partial charge is 0.332 e. The van der Waals surface area contributed by atoms with Crippen molar-refractivity contribution in [2.45, 2.75) is 26.4 Å². The molecule has 0 radical (unpaired) electrons. The molecule has 2 aromatic heterocycles. The lowest BCUT2D eigenvalue weighted by Gasteiger charge is -2.11. The highest BCUT2D eigenvalue weighted by Gasteiger charge is 2.22. The normalized spacial score (nSPS) is 11.2. The summed E-state index contributed by atoms with van der Waals surface area (Å²) in [5.41, 5.74) is 0.863. The van der Waals surface area contributed by atoms with Gasteiger partial charge in [-0.3, -0.25) is 18.5 Å². The molecule has 1 N–H and O–H groups in total. The van der Waals surface area contributed by atoms with E-state index in [0.29, 0.717) is 5.56 Å². The quantitative estimate of drug-likeness (QED) is 0.479. The molecule has 0 saturated carbocycles. The maximum atomic E-state index is 13.9. The SMILES string of the molecule is Cc1cc(F)cc(Oc2nc3c(c(=O)n(CCCO)c(=O)n3C)n2Cc2ccccc2)c1. The summed E-state index contributed by atoms with van der Waals surface area (Å²) >= 11 is 0. The Hall–Kier alpha value is -3.72. The molecule has 4 rings (SSSR count). The van der Waals surface area contributed by atoms with E-state index in [-0.39, 0.29) is 49.0 Å². The molecule has 9 heteroatoms. The molecule has 0 atom stereocenters. The number of aromatic nitrogens is 4. The fourth-order valence-corrected chi connectivity index (χ4v) is 3.64. The second-order valence-corrected chi connectivity index (χ2v) is 7.58. The van der Waals surface area contributed by atoms with E-state index in [1.54, 1.807) is 17.6 Å². The molecule has 166 valence electrons. The Morgan fingerprint density at radius 1 is 1.09 bits per heavy atom. The van der Waals surface area contributed by atoms with Gasteiger partial charge < -0.3 is 9.84 Å². The molecule has 0 aliphatic carbocycles. The summed E-state index contributed by atoms with van der Waals surface area (Å²) in [7, 11) is 1.52. The van der Waals surface area contributed by atoms with Crippen LogP contribution in [0, 0.1) is 12.7 Å². The fourth-order valence-electron chi connectivity index (χ4n) is 3.64. The topological polar surface area (TPSA) is 91.3 Å². The van der Waals surface area contributed by atoms with Crippen molar-refractivity contribution in [1.82, 2.24) is 18.7 Å². The summed E-state index contributed by atoms with van der Waals surface area (Å²) in [6, 6.07) is 13.8. The van der Waals surface area contributed by atoms with Gasteiger partial charge in [-0.1, -0.05) is 30.3 Å². The molecule has 8 nitrogen and oxygen atoms in total. The number of ether oxygens (including phenoxy) is 1. The summed E-state index contributed by atoms with van der Waals surface area (Å²) in [6.07, 6.45) is 0.263. The molecule has 0 fully saturated rings. The Labute approximate surface area is 182 Å². The van der Waals surface area contributed by atoms with Gasteiger partial charge in [0, 0.05) is 26.3 Å². The molecule has 0 bridgehead atoms. The summed E-state index contributed by atoms with van der Waals surface area (Å²) in [5, 5.41) is 9.16. The lowest BCUT2D eigenvalue weighted by molar-refractivity contribution is 0.277. The van der Waals surface area contributed by atoms with Gasteiger partial charge in [0.2, 0.25) is 0 Å². The molecule has 2 heterocycles. The highest BCUT2D eigenvalue weighted by atomic mass is 19.1. The van der Waals surface area contributed by atoms with E-state index in [1.807, 2.05) is 30.3 Å². The van der Waals surface area contributed by atoms with Gasteiger partial charge in [-0.15, -0.1) is 0 Å². The number of hydrogen-bond donors (Lipinski definition) is 1. The molecule has 0 spiro atoms. The Kier molecular flexibility index (Phi) is 5.91. The monoisotopic (exact) mass is 438 g/mol. The number of halogens is 1. The van der Waals surface area contributed by atoms with Crippen molar-refractivity contribution in [1.29, 1.82) is 0 Å². The summed E-state index contributed by atoms with van der Waals surface area (Å²) < 4.78 is 23.8. The van der Waals surface area contributed by atoms with E-state index in [1.165, 1.54) is 23.7 Å². The van der Waals surface area contributed by atoms with Crippen molar-refractivity contribution >= 4 is 11.2 Å². The summed E-state index contributed by atoms with van der Waals surface area (Å²) in [4.78, 5) is 30.4. The molecule has 32 heavy (non-hydrogen) atoms. The van der Waals surface area contributed by atoms with Gasteiger partial charge >= 0.3 is 11.7 Å². The average Bonchev–Trinajstić information content (AvgIpc) is 3.10. The molecule has 0 saturated heterocycles. The Morgan fingerprint density at radius 2 is 1.84 bits per heavy atom. The Morgan fingerprint density at radius 3 is 2.53 bits per heavy atom. The lowest BCUT2D eigenvalue weighted by Crippen LogP contribution is -2.39. The number of fused-ring (bicyclic) bond motifs is 1. The molecule has 2 aromatic carbocycles. The molecular formula is C23H23FN4O4. The number of aliphatic hydroxyl groups excluding tert-OH is 1. The van der Waals surface area contributed by atoms with Crippen molar-refractivity contribution in [2.75, 3.05) is 6.61 Å². The van der Waals surface area contributed by atoms with Crippen LogP contribution in [0.4, 0.5) is 4.39 Å². The molecule has 0 unspecified atom stereocenters. The van der Waals surface area contributed by atoms with E-state index in [9.17, 15) is 14.0 Å². The van der Waals surface area contributed by atoms with Gasteiger partial charge in [0.1, 0.15) is 11.6 Å². The van der Waals surface area contributed by atoms with Crippen LogP contribution in [-0.4, -0.2) is 30.4 Å². The number of imidazole rings is 1. The predicted octanol–water partition coefficient (Wildman–Crippen LogP) is 2.57. The van der Waals surface area contributed by atoms with Crippen LogP contribution in [0.15, 0.2) is 58.1 Å². The molecule has 4 aromatic rings. The summed E-state index contributed by atoms with van der Waals surface area (Å²) in [5.74, 6) is -0.220. The number of aryl methyl sites for hydroxylation is 2. The first-order valence-electron chi connectivity index (χ1n) is 10.2. The highest BCUT2D eigenvalue weighted by molar-refractivity contribution is 5.72. The van der Waals surface area contributed by atoms with Crippen molar-refractivity contribution in [3.8, 4) is 11.8 Å². The second kappa shape index (κ2) is 8.80. The number of nitrogens with zero attached hydrogens (tertiary/aromatic N) is 4. The molecule has 0 aliphatic heterocycles. The van der Waals surface area contributed by atoms with Crippen molar-refractivity contribution in [3.05, 3.63) is 86.3 Å². The van der Waals surface area contributed by atoms with Gasteiger partial charge in [-0.05, 0) is 36.6 Å². The van der Waals surface area contributed by atoms with Gasteiger partial charge in [-0.2, -0.15) is 4.98 Å². The zero-order chi connectivity index (χ0) is 22.8. The zero-order valence-corrected chi connectivity index (χ0v) is 17.8. The van der Waals surface area contributed by atoms with Crippen LogP contribution in [0.3, 0.4) is 0 Å². The van der Waals surface area contributed by atoms with E-state index in [2.05, 4.69) is 4.98 Å². The van der Waals surface area contributed by atoms with Crippen LogP contribution in [0.25, 0.3) is 11.2 Å². The first kappa shape index (κ1) is 21.5. The van der Waals surface area contributed by atoms with Gasteiger partial charge in [0.15, 0.2) is 11.2 Å². The minimum atomic E-state index is -0.534. The lowest BCUT2D eigenvalue weighted by atomic mass is 10.2. The Balaban J connectivity index is 1.94. The van der Waals surface area contributed by atoms with Crippen molar-refractivity contribution in [3.63, 3.8) is 0 Å². The molecule has 0 aliphatic rings. The van der Waals surface area contributed by atoms with Gasteiger partial charge in [0.25, 0.3) is 5.56 Å². The van der Waals surface area contributed by atoms with Crippen molar-refractivity contribution < 1.29 is 14.2 Å². The van der Waals surface area contributed by atoms with E-state index in [0.717, 1.165) is 10.1 Å². The van der Waals surface area contributed by atoms with E-state index >= 15 is 0 Å². The molecular weight excluding hydrogens is 415 g/mol. The van der Waals surface area contributed by atoms with Gasteiger partial charge in [0.05, 0.1) is 6.54 Å². The van der Waals surface area contributed by atoms with Crippen LogP contribution in [-0.2, 0) is 20.1 Å². The van der Waals surface area contributed by atoms with Crippen LogP contribution < -0.4 is 16.0 Å². The number of hydrogen-bond acceptors (Lipinski definition) is 5. The average molecular weight is 438 g/mol. The van der Waals surface area contributed by atoms with E-state index < -0.39 is 17.1 Å². The molecule has 0 amide bonds. The van der Waals surface area contributed by atoms with Crippen LogP contribution in [0.2, 0.25) is 0 Å². The minimum absolute atomic E-state index is 0.0702. The number of aliphatic hydroxyl groups is 1. The predicted molar refractivity (Wildman–Crippen MR) is 118 cm³/mol. The van der Waals surface area contributed by atoms with Crippen molar-refractivity contribution in [2.24, 2.45) is 7.05 Å². The fraction of sp³-hybridized carbons (Fsp3) is 0.261.